The van der Waals surface area contributed by atoms with Gasteiger partial charge in [0.1, 0.15) is 0 Å². The van der Waals surface area contributed by atoms with Crippen LogP contribution in [0.15, 0.2) is 97.1 Å². The molecular formula is C39H49N2O3PPdS. The first-order valence-corrected chi connectivity index (χ1v) is 19.8. The molecule has 0 amide bonds. The quantitative estimate of drug-likeness (QED) is 0.0697. The SMILES string of the molecule is CN(C)c1ccccc1-c1ccccc1P(C1CCCCC1)C1CCCCC1.CS(=O)(=O)[O-].Nc1ccccc1-c1[c-]cccc1.[Pd+2]. The van der Waals surface area contributed by atoms with Crippen molar-refractivity contribution >= 4 is 34.7 Å². The molecule has 0 unspecified atom stereocenters. The zero-order chi connectivity index (χ0) is 32.9. The second kappa shape index (κ2) is 19.5. The molecule has 0 saturated heterocycles. The van der Waals surface area contributed by atoms with Gasteiger partial charge in [-0.15, -0.1) is 35.9 Å². The van der Waals surface area contributed by atoms with Gasteiger partial charge in [-0.25, -0.2) is 8.42 Å². The summed E-state index contributed by atoms with van der Waals surface area (Å²) < 4.78 is 27.2. The third-order valence-corrected chi connectivity index (χ3v) is 12.3. The summed E-state index contributed by atoms with van der Waals surface area (Å²) in [7, 11) is 0.343. The van der Waals surface area contributed by atoms with Crippen molar-refractivity contribution in [1.82, 2.24) is 0 Å². The minimum absolute atomic E-state index is 0. The summed E-state index contributed by atoms with van der Waals surface area (Å²) in [5.74, 6) is 0. The van der Waals surface area contributed by atoms with Gasteiger partial charge < -0.3 is 15.2 Å². The van der Waals surface area contributed by atoms with Gasteiger partial charge in [-0.1, -0.05) is 113 Å². The molecule has 5 nitrogen and oxygen atoms in total. The maximum atomic E-state index is 9.08. The maximum Gasteiger partial charge on any atom is 2.00 e. The Labute approximate surface area is 298 Å². The first kappa shape index (κ1) is 38.9. The van der Waals surface area contributed by atoms with E-state index in [9.17, 15) is 0 Å². The molecular weight excluding hydrogens is 714 g/mol. The molecule has 0 aromatic heterocycles. The minimum Gasteiger partial charge on any atom is -0.748 e. The Hall–Kier alpha value is -2.52. The van der Waals surface area contributed by atoms with Gasteiger partial charge in [0.15, 0.2) is 0 Å². The average molecular weight is 763 g/mol. The largest absolute Gasteiger partial charge is 2.00 e. The van der Waals surface area contributed by atoms with Crippen LogP contribution in [0.2, 0.25) is 0 Å². The van der Waals surface area contributed by atoms with E-state index in [0.29, 0.717) is 6.26 Å². The molecule has 0 radical (unpaired) electrons. The predicted molar refractivity (Wildman–Crippen MR) is 197 cm³/mol. The normalized spacial score (nSPS) is 15.3. The minimum atomic E-state index is -3.92. The first-order valence-electron chi connectivity index (χ1n) is 16.5. The topological polar surface area (TPSA) is 86.5 Å². The number of anilines is 2. The van der Waals surface area contributed by atoms with Crippen molar-refractivity contribution < 1.29 is 33.4 Å². The van der Waals surface area contributed by atoms with Gasteiger partial charge in [-0.3, -0.25) is 0 Å². The van der Waals surface area contributed by atoms with E-state index in [1.165, 1.54) is 81.0 Å². The summed E-state index contributed by atoms with van der Waals surface area (Å²) in [4.78, 5) is 2.27. The van der Waals surface area contributed by atoms with Crippen molar-refractivity contribution in [3.05, 3.63) is 103 Å². The fourth-order valence-electron chi connectivity index (χ4n) is 6.73. The Balaban J connectivity index is 0.000000262. The van der Waals surface area contributed by atoms with E-state index >= 15 is 0 Å². The zero-order valence-corrected chi connectivity index (χ0v) is 31.1. The molecule has 2 N–H and O–H groups in total. The Morgan fingerprint density at radius 1 is 0.702 bits per heavy atom. The molecule has 0 bridgehead atoms. The van der Waals surface area contributed by atoms with Gasteiger partial charge in [0.25, 0.3) is 0 Å². The van der Waals surface area contributed by atoms with Crippen LogP contribution in [0.25, 0.3) is 22.3 Å². The Morgan fingerprint density at radius 3 is 1.68 bits per heavy atom. The van der Waals surface area contributed by atoms with Gasteiger partial charge in [-0.05, 0) is 65.7 Å². The smallest absolute Gasteiger partial charge is 0.748 e. The molecule has 0 atom stereocenters. The summed E-state index contributed by atoms with van der Waals surface area (Å²) in [5, 5.41) is 1.70. The molecule has 0 heterocycles. The number of para-hydroxylation sites is 2. The van der Waals surface area contributed by atoms with Crippen LogP contribution in [0.1, 0.15) is 64.2 Å². The maximum absolute atomic E-state index is 9.08. The van der Waals surface area contributed by atoms with Crippen LogP contribution in [-0.4, -0.2) is 44.6 Å². The second-order valence-electron chi connectivity index (χ2n) is 12.5. The molecule has 2 saturated carbocycles. The predicted octanol–water partition coefficient (Wildman–Crippen LogP) is 9.09. The van der Waals surface area contributed by atoms with Crippen LogP contribution in [0.4, 0.5) is 11.4 Å². The van der Waals surface area contributed by atoms with Crippen molar-refractivity contribution in [3.63, 3.8) is 0 Å². The van der Waals surface area contributed by atoms with Crippen LogP contribution in [-0.2, 0) is 30.5 Å². The van der Waals surface area contributed by atoms with E-state index in [2.05, 4.69) is 73.6 Å². The molecule has 254 valence electrons. The zero-order valence-electron chi connectivity index (χ0n) is 27.9. The van der Waals surface area contributed by atoms with Crippen molar-refractivity contribution in [2.45, 2.75) is 75.5 Å². The first-order chi connectivity index (χ1) is 22.1. The van der Waals surface area contributed by atoms with E-state index < -0.39 is 10.1 Å². The molecule has 8 heteroatoms. The number of benzene rings is 4. The number of hydrogen-bond acceptors (Lipinski definition) is 5. The average Bonchev–Trinajstić information content (AvgIpc) is 3.06. The monoisotopic (exact) mass is 762 g/mol. The number of nitrogens with zero attached hydrogens (tertiary/aromatic N) is 1. The van der Waals surface area contributed by atoms with Gasteiger partial charge in [0.2, 0.25) is 0 Å². The third kappa shape index (κ3) is 12.1. The van der Waals surface area contributed by atoms with E-state index in [4.69, 9.17) is 18.7 Å². The molecule has 6 rings (SSSR count). The number of nitrogen functional groups attached to an aromatic ring is 1. The number of rotatable bonds is 6. The summed E-state index contributed by atoms with van der Waals surface area (Å²) in [6, 6.07) is 37.2. The van der Waals surface area contributed by atoms with E-state index in [0.717, 1.165) is 28.1 Å². The van der Waals surface area contributed by atoms with E-state index in [1.54, 1.807) is 5.30 Å². The number of hydrogen-bond donors (Lipinski definition) is 1. The molecule has 4 aromatic rings. The fourth-order valence-corrected chi connectivity index (χ4v) is 10.7. The standard InChI is InChI=1S/C26H36NP.C12H10N.CH4O3S.Pd/c1-27(2)25-19-11-9-17-23(25)24-18-10-12-20-26(24)28(21-13-5-3-6-14-21)22-15-7-4-8-16-22;13-12-9-5-4-8-11(12)10-6-2-1-3-7-10;1-5(2,3)4;/h9-12,17-22H,3-8,13-16H2,1-2H3;1-6,8-9H,13H2;1H3,(H,2,3,4);/q;-1;;+2/p-1. The third-order valence-electron chi connectivity index (χ3n) is 8.75. The van der Waals surface area contributed by atoms with Gasteiger partial charge in [-0.2, -0.15) is 0 Å². The van der Waals surface area contributed by atoms with Gasteiger partial charge in [0.05, 0.1) is 10.1 Å². The number of nitrogens with two attached hydrogens (primary N) is 1. The molecule has 0 aliphatic heterocycles. The summed E-state index contributed by atoms with van der Waals surface area (Å²) in [5.41, 5.74) is 14.9. The van der Waals surface area contributed by atoms with Crippen molar-refractivity contribution in [2.75, 3.05) is 31.0 Å². The molecule has 4 aromatic carbocycles. The fraction of sp³-hybridized carbons (Fsp3) is 0.385. The van der Waals surface area contributed by atoms with Crippen molar-refractivity contribution in [1.29, 1.82) is 0 Å². The molecule has 47 heavy (non-hydrogen) atoms. The Kier molecular flexibility index (Phi) is 16.1. The summed E-state index contributed by atoms with van der Waals surface area (Å²) in [6.45, 7) is 0. The molecule has 0 spiro atoms. The Bertz CT molecular complexity index is 1580. The van der Waals surface area contributed by atoms with Gasteiger partial charge >= 0.3 is 20.4 Å². The van der Waals surface area contributed by atoms with E-state index in [1.807, 2.05) is 48.5 Å². The van der Waals surface area contributed by atoms with Crippen LogP contribution in [0.3, 0.4) is 0 Å². The van der Waals surface area contributed by atoms with Crippen LogP contribution in [0, 0.1) is 6.07 Å². The molecule has 2 fully saturated rings. The van der Waals surface area contributed by atoms with Crippen LogP contribution >= 0.6 is 7.92 Å². The van der Waals surface area contributed by atoms with E-state index in [-0.39, 0.29) is 28.3 Å². The van der Waals surface area contributed by atoms with Crippen LogP contribution in [0.5, 0.6) is 0 Å². The molecule has 2 aliphatic rings. The summed E-state index contributed by atoms with van der Waals surface area (Å²) >= 11 is 0. The second-order valence-corrected chi connectivity index (χ2v) is 16.7. The van der Waals surface area contributed by atoms with Crippen molar-refractivity contribution in [2.24, 2.45) is 0 Å². The van der Waals surface area contributed by atoms with Crippen molar-refractivity contribution in [3.8, 4) is 22.3 Å². The van der Waals surface area contributed by atoms with Crippen LogP contribution < -0.4 is 15.9 Å². The van der Waals surface area contributed by atoms with Gasteiger partial charge in [0, 0.05) is 31.6 Å². The Morgan fingerprint density at radius 2 is 1.17 bits per heavy atom. The summed E-state index contributed by atoms with van der Waals surface area (Å²) in [6.07, 6.45) is 15.2. The molecule has 2 aliphatic carbocycles.